The number of piperazine rings is 1. The molecule has 0 aromatic heterocycles. The first-order chi connectivity index (χ1) is 9.56. The molecule has 4 nitrogen and oxygen atoms in total. The average molecular weight is 343 g/mol. The Labute approximate surface area is 129 Å². The predicted molar refractivity (Wildman–Crippen MR) is 84.4 cm³/mol. The van der Waals surface area contributed by atoms with E-state index in [0.29, 0.717) is 13.2 Å². The lowest BCUT2D eigenvalue weighted by Crippen LogP contribution is -2.47. The van der Waals surface area contributed by atoms with Crippen molar-refractivity contribution in [1.29, 1.82) is 0 Å². The number of aryl methyl sites for hydroxylation is 2. The second-order valence-corrected chi connectivity index (χ2v) is 6.18. The summed E-state index contributed by atoms with van der Waals surface area (Å²) in [6.45, 7) is 9.08. The van der Waals surface area contributed by atoms with Crippen molar-refractivity contribution < 1.29 is 9.84 Å². The van der Waals surface area contributed by atoms with Gasteiger partial charge in [-0.25, -0.2) is 0 Å². The summed E-state index contributed by atoms with van der Waals surface area (Å²) < 4.78 is 6.83. The fourth-order valence-corrected chi connectivity index (χ4v) is 2.66. The predicted octanol–water partition coefficient (Wildman–Crippen LogP) is 1.71. The van der Waals surface area contributed by atoms with Gasteiger partial charge < -0.3 is 15.2 Å². The van der Waals surface area contributed by atoms with Crippen LogP contribution in [0, 0.1) is 13.8 Å². The summed E-state index contributed by atoms with van der Waals surface area (Å²) in [6.07, 6.45) is -0.447. The van der Waals surface area contributed by atoms with Crippen molar-refractivity contribution in [1.82, 2.24) is 10.2 Å². The first-order valence-electron chi connectivity index (χ1n) is 7.07. The minimum atomic E-state index is -0.447. The van der Waals surface area contributed by atoms with Gasteiger partial charge in [0.05, 0.1) is 0 Å². The molecule has 2 N–H and O–H groups in total. The molecule has 1 aliphatic heterocycles. The van der Waals surface area contributed by atoms with E-state index in [9.17, 15) is 5.11 Å². The zero-order chi connectivity index (χ0) is 14.5. The van der Waals surface area contributed by atoms with E-state index in [-0.39, 0.29) is 0 Å². The second-order valence-electron chi connectivity index (χ2n) is 5.39. The van der Waals surface area contributed by atoms with Crippen molar-refractivity contribution in [3.05, 3.63) is 27.7 Å². The van der Waals surface area contributed by atoms with Gasteiger partial charge in [0.15, 0.2) is 0 Å². The molecule has 0 radical (unpaired) electrons. The van der Waals surface area contributed by atoms with Gasteiger partial charge in [-0.2, -0.15) is 0 Å². The monoisotopic (exact) mass is 342 g/mol. The zero-order valence-electron chi connectivity index (χ0n) is 12.2. The van der Waals surface area contributed by atoms with E-state index in [1.165, 1.54) is 0 Å². The summed E-state index contributed by atoms with van der Waals surface area (Å²) in [5, 5.41) is 13.4. The highest BCUT2D eigenvalue weighted by Crippen LogP contribution is 2.26. The van der Waals surface area contributed by atoms with Gasteiger partial charge >= 0.3 is 0 Å². The van der Waals surface area contributed by atoms with Crippen LogP contribution in [-0.4, -0.2) is 55.4 Å². The third-order valence-corrected chi connectivity index (χ3v) is 4.78. The van der Waals surface area contributed by atoms with E-state index in [1.807, 2.05) is 26.0 Å². The molecule has 1 atom stereocenters. The molecule has 20 heavy (non-hydrogen) atoms. The van der Waals surface area contributed by atoms with Crippen molar-refractivity contribution in [2.24, 2.45) is 0 Å². The Balaban J connectivity index is 1.82. The quantitative estimate of drug-likeness (QED) is 0.855. The second kappa shape index (κ2) is 7.41. The van der Waals surface area contributed by atoms with Crippen LogP contribution in [0.5, 0.6) is 5.75 Å². The summed E-state index contributed by atoms with van der Waals surface area (Å²) in [4.78, 5) is 2.27. The van der Waals surface area contributed by atoms with Crippen molar-refractivity contribution in [3.63, 3.8) is 0 Å². The number of nitrogens with zero attached hydrogens (tertiary/aromatic N) is 1. The standard InChI is InChI=1S/C15H23BrN2O2/c1-11-7-14(8-12(2)15(11)16)20-10-13(19)9-18-5-3-17-4-6-18/h7-8,13,17,19H,3-6,9-10H2,1-2H3. The molecule has 0 saturated carbocycles. The number of halogens is 1. The number of nitrogens with one attached hydrogen (secondary N) is 1. The molecule has 1 unspecified atom stereocenters. The van der Waals surface area contributed by atoms with E-state index in [0.717, 1.165) is 47.5 Å². The number of aliphatic hydroxyl groups excluding tert-OH is 1. The SMILES string of the molecule is Cc1cc(OCC(O)CN2CCNCC2)cc(C)c1Br. The number of aliphatic hydroxyl groups is 1. The van der Waals surface area contributed by atoms with Crippen LogP contribution in [0.4, 0.5) is 0 Å². The summed E-state index contributed by atoms with van der Waals surface area (Å²) in [7, 11) is 0. The summed E-state index contributed by atoms with van der Waals surface area (Å²) in [5.41, 5.74) is 2.30. The molecule has 2 rings (SSSR count). The van der Waals surface area contributed by atoms with E-state index >= 15 is 0 Å². The summed E-state index contributed by atoms with van der Waals surface area (Å²) >= 11 is 3.54. The molecule has 1 fully saturated rings. The Morgan fingerprint density at radius 3 is 2.50 bits per heavy atom. The van der Waals surface area contributed by atoms with Gasteiger partial charge in [-0.15, -0.1) is 0 Å². The van der Waals surface area contributed by atoms with Crippen LogP contribution >= 0.6 is 15.9 Å². The van der Waals surface area contributed by atoms with E-state index < -0.39 is 6.10 Å². The molecule has 5 heteroatoms. The van der Waals surface area contributed by atoms with E-state index in [1.54, 1.807) is 0 Å². The van der Waals surface area contributed by atoms with Crippen LogP contribution in [0.2, 0.25) is 0 Å². The van der Waals surface area contributed by atoms with Gasteiger partial charge in [0.2, 0.25) is 0 Å². The van der Waals surface area contributed by atoms with Gasteiger partial charge in [0.1, 0.15) is 18.5 Å². The lowest BCUT2D eigenvalue weighted by Gasteiger charge is -2.29. The summed E-state index contributed by atoms with van der Waals surface area (Å²) in [5.74, 6) is 0.822. The van der Waals surface area contributed by atoms with E-state index in [4.69, 9.17) is 4.74 Å². The number of β-amino-alcohol motifs (C(OH)–C–C–N with tert-alkyl or cyclic N) is 1. The Hall–Kier alpha value is -0.620. The smallest absolute Gasteiger partial charge is 0.120 e. The number of rotatable bonds is 5. The van der Waals surface area contributed by atoms with Crippen molar-refractivity contribution in [2.75, 3.05) is 39.3 Å². The average Bonchev–Trinajstić information content (AvgIpc) is 2.43. The van der Waals surface area contributed by atoms with Crippen LogP contribution in [0.1, 0.15) is 11.1 Å². The van der Waals surface area contributed by atoms with Crippen molar-refractivity contribution in [3.8, 4) is 5.75 Å². The Morgan fingerprint density at radius 1 is 1.30 bits per heavy atom. The molecular weight excluding hydrogens is 320 g/mol. The Kier molecular flexibility index (Phi) is 5.84. The highest BCUT2D eigenvalue weighted by molar-refractivity contribution is 9.10. The van der Waals surface area contributed by atoms with Crippen molar-refractivity contribution in [2.45, 2.75) is 20.0 Å². The lowest BCUT2D eigenvalue weighted by atomic mass is 10.1. The Bertz CT molecular complexity index is 424. The molecule has 0 bridgehead atoms. The maximum atomic E-state index is 10.1. The van der Waals surface area contributed by atoms with Crippen LogP contribution in [-0.2, 0) is 0 Å². The normalized spacial score (nSPS) is 18.0. The van der Waals surface area contributed by atoms with E-state index in [2.05, 4.69) is 26.1 Å². The van der Waals surface area contributed by atoms with Crippen LogP contribution in [0.25, 0.3) is 0 Å². The number of ether oxygens (including phenoxy) is 1. The molecule has 1 heterocycles. The number of hydrogen-bond donors (Lipinski definition) is 2. The van der Waals surface area contributed by atoms with Gasteiger partial charge in [0.25, 0.3) is 0 Å². The maximum absolute atomic E-state index is 10.1. The molecular formula is C15H23BrN2O2. The lowest BCUT2D eigenvalue weighted by molar-refractivity contribution is 0.0641. The van der Waals surface area contributed by atoms with Crippen LogP contribution < -0.4 is 10.1 Å². The highest BCUT2D eigenvalue weighted by Gasteiger charge is 2.15. The van der Waals surface area contributed by atoms with Crippen LogP contribution in [0.3, 0.4) is 0 Å². The molecule has 0 amide bonds. The first-order valence-corrected chi connectivity index (χ1v) is 7.86. The minimum absolute atomic E-state index is 0.338. The number of hydrogen-bond acceptors (Lipinski definition) is 4. The topological polar surface area (TPSA) is 44.7 Å². The molecule has 0 aliphatic carbocycles. The van der Waals surface area contributed by atoms with Gasteiger partial charge in [-0.3, -0.25) is 4.90 Å². The molecule has 1 saturated heterocycles. The van der Waals surface area contributed by atoms with Gasteiger partial charge in [-0.1, -0.05) is 15.9 Å². The van der Waals surface area contributed by atoms with Crippen molar-refractivity contribution >= 4 is 15.9 Å². The fraction of sp³-hybridized carbons (Fsp3) is 0.600. The number of benzene rings is 1. The molecule has 1 aliphatic rings. The molecule has 0 spiro atoms. The molecule has 1 aromatic carbocycles. The minimum Gasteiger partial charge on any atom is -0.491 e. The molecule has 1 aromatic rings. The summed E-state index contributed by atoms with van der Waals surface area (Å²) in [6, 6.07) is 3.99. The van der Waals surface area contributed by atoms with Gasteiger partial charge in [0, 0.05) is 37.2 Å². The third kappa shape index (κ3) is 4.45. The van der Waals surface area contributed by atoms with Crippen LogP contribution in [0.15, 0.2) is 16.6 Å². The maximum Gasteiger partial charge on any atom is 0.120 e. The largest absolute Gasteiger partial charge is 0.491 e. The highest BCUT2D eigenvalue weighted by atomic mass is 79.9. The molecule has 112 valence electrons. The zero-order valence-corrected chi connectivity index (χ0v) is 13.7. The fourth-order valence-electron chi connectivity index (χ4n) is 2.43. The first kappa shape index (κ1) is 15.8. The Morgan fingerprint density at radius 2 is 1.90 bits per heavy atom. The van der Waals surface area contributed by atoms with Gasteiger partial charge in [-0.05, 0) is 37.1 Å². The third-order valence-electron chi connectivity index (χ3n) is 3.53.